The minimum Gasteiger partial charge on any atom is -0.496 e. The molecule has 1 aromatic heterocycles. The molecule has 0 aliphatic heterocycles. The molecule has 0 bridgehead atoms. The second kappa shape index (κ2) is 8.34. The zero-order chi connectivity index (χ0) is 21.0. The van der Waals surface area contributed by atoms with Gasteiger partial charge < -0.3 is 14.8 Å². The Bertz CT molecular complexity index is 1090. The van der Waals surface area contributed by atoms with Crippen LogP contribution in [0.4, 0.5) is 11.4 Å². The SMILES string of the molecule is COc1ccc(NC(=O)[C@@H](C)OC(=O)c2cccc3cccnc23)c([N+](=O)[O-])c1. The fourth-order valence-corrected chi connectivity index (χ4v) is 2.68. The number of hydrogen-bond acceptors (Lipinski definition) is 7. The zero-order valence-corrected chi connectivity index (χ0v) is 15.6. The minimum atomic E-state index is -1.19. The molecular formula is C20H17N3O6. The second-order valence-corrected chi connectivity index (χ2v) is 6.06. The standard InChI is InChI=1S/C20H17N3O6/c1-12(19(24)22-16-9-8-14(28-2)11-17(16)23(26)27)29-20(25)15-7-3-5-13-6-4-10-21-18(13)15/h3-12H,1-2H3,(H,22,24)/t12-/m1/s1. The zero-order valence-electron chi connectivity index (χ0n) is 15.6. The van der Waals surface area contributed by atoms with Crippen LogP contribution in [0.15, 0.2) is 54.7 Å². The van der Waals surface area contributed by atoms with Gasteiger partial charge in [-0.3, -0.25) is 19.9 Å². The van der Waals surface area contributed by atoms with E-state index in [1.54, 1.807) is 36.5 Å². The van der Waals surface area contributed by atoms with Gasteiger partial charge in [0, 0.05) is 11.6 Å². The number of nitro benzene ring substituents is 1. The van der Waals surface area contributed by atoms with Gasteiger partial charge in [-0.2, -0.15) is 0 Å². The maximum atomic E-state index is 12.5. The molecule has 0 unspecified atom stereocenters. The van der Waals surface area contributed by atoms with Crippen molar-refractivity contribution in [2.24, 2.45) is 0 Å². The van der Waals surface area contributed by atoms with Gasteiger partial charge in [0.25, 0.3) is 11.6 Å². The number of rotatable bonds is 6. The monoisotopic (exact) mass is 395 g/mol. The summed E-state index contributed by atoms with van der Waals surface area (Å²) < 4.78 is 10.2. The molecule has 0 saturated carbocycles. The molecule has 1 amide bonds. The van der Waals surface area contributed by atoms with Crippen molar-refractivity contribution in [1.29, 1.82) is 0 Å². The van der Waals surface area contributed by atoms with Crippen molar-refractivity contribution < 1.29 is 24.0 Å². The molecule has 29 heavy (non-hydrogen) atoms. The summed E-state index contributed by atoms with van der Waals surface area (Å²) in [6, 6.07) is 12.6. The molecule has 1 heterocycles. The number of para-hydroxylation sites is 1. The summed E-state index contributed by atoms with van der Waals surface area (Å²) >= 11 is 0. The summed E-state index contributed by atoms with van der Waals surface area (Å²) in [5.41, 5.74) is 0.307. The molecule has 9 heteroatoms. The molecular weight excluding hydrogens is 378 g/mol. The quantitative estimate of drug-likeness (QED) is 0.386. The van der Waals surface area contributed by atoms with Gasteiger partial charge in [0.05, 0.1) is 29.2 Å². The molecule has 3 rings (SSSR count). The molecule has 148 valence electrons. The Morgan fingerprint density at radius 3 is 2.66 bits per heavy atom. The maximum Gasteiger partial charge on any atom is 0.341 e. The fourth-order valence-electron chi connectivity index (χ4n) is 2.68. The minimum absolute atomic E-state index is 0.0319. The summed E-state index contributed by atoms with van der Waals surface area (Å²) in [6.07, 6.45) is 0.362. The van der Waals surface area contributed by atoms with Crippen LogP contribution in [0.25, 0.3) is 10.9 Å². The van der Waals surface area contributed by atoms with E-state index in [9.17, 15) is 19.7 Å². The average molecular weight is 395 g/mol. The van der Waals surface area contributed by atoms with E-state index in [1.807, 2.05) is 0 Å². The highest BCUT2D eigenvalue weighted by atomic mass is 16.6. The lowest BCUT2D eigenvalue weighted by molar-refractivity contribution is -0.384. The third kappa shape index (κ3) is 4.29. The Morgan fingerprint density at radius 1 is 1.17 bits per heavy atom. The van der Waals surface area contributed by atoms with Crippen LogP contribution in [-0.4, -0.2) is 35.0 Å². The number of nitrogens with zero attached hydrogens (tertiary/aromatic N) is 2. The number of nitrogens with one attached hydrogen (secondary N) is 1. The van der Waals surface area contributed by atoms with Gasteiger partial charge in [-0.15, -0.1) is 0 Å². The van der Waals surface area contributed by atoms with E-state index in [-0.39, 0.29) is 22.7 Å². The summed E-state index contributed by atoms with van der Waals surface area (Å²) in [7, 11) is 1.38. The highest BCUT2D eigenvalue weighted by Gasteiger charge is 2.24. The third-order valence-electron chi connectivity index (χ3n) is 4.17. The Labute approximate surface area is 165 Å². The molecule has 9 nitrogen and oxygen atoms in total. The van der Waals surface area contributed by atoms with Crippen LogP contribution >= 0.6 is 0 Å². The first kappa shape index (κ1) is 19.7. The first-order valence-corrected chi connectivity index (χ1v) is 8.58. The van der Waals surface area contributed by atoms with E-state index < -0.39 is 22.9 Å². The molecule has 1 N–H and O–H groups in total. The van der Waals surface area contributed by atoms with Gasteiger partial charge in [-0.1, -0.05) is 18.2 Å². The predicted molar refractivity (Wildman–Crippen MR) is 105 cm³/mol. The van der Waals surface area contributed by atoms with E-state index in [0.29, 0.717) is 5.52 Å². The van der Waals surface area contributed by atoms with Gasteiger partial charge in [-0.05, 0) is 31.2 Å². The first-order valence-electron chi connectivity index (χ1n) is 8.58. The third-order valence-corrected chi connectivity index (χ3v) is 4.17. The van der Waals surface area contributed by atoms with Crippen LogP contribution in [0.2, 0.25) is 0 Å². The van der Waals surface area contributed by atoms with E-state index in [0.717, 1.165) is 5.39 Å². The number of carbonyl (C=O) groups excluding carboxylic acids is 2. The number of methoxy groups -OCH3 is 1. The van der Waals surface area contributed by atoms with Crippen molar-refractivity contribution in [3.63, 3.8) is 0 Å². The number of ether oxygens (including phenoxy) is 2. The van der Waals surface area contributed by atoms with Crippen molar-refractivity contribution in [3.8, 4) is 5.75 Å². The molecule has 0 spiro atoms. The van der Waals surface area contributed by atoms with Crippen LogP contribution in [-0.2, 0) is 9.53 Å². The molecule has 3 aromatic rings. The molecule has 0 aliphatic rings. The van der Waals surface area contributed by atoms with Gasteiger partial charge in [0.2, 0.25) is 0 Å². The highest BCUT2D eigenvalue weighted by Crippen LogP contribution is 2.29. The first-order chi connectivity index (χ1) is 13.9. The van der Waals surface area contributed by atoms with Crippen molar-refractivity contribution in [3.05, 3.63) is 70.4 Å². The smallest absolute Gasteiger partial charge is 0.341 e. The van der Waals surface area contributed by atoms with E-state index in [4.69, 9.17) is 9.47 Å². The predicted octanol–water partition coefficient (Wildman–Crippen LogP) is 3.34. The van der Waals surface area contributed by atoms with Crippen molar-refractivity contribution >= 4 is 34.2 Å². The number of anilines is 1. The second-order valence-electron chi connectivity index (χ2n) is 6.06. The van der Waals surface area contributed by atoms with Crippen LogP contribution in [0.3, 0.4) is 0 Å². The summed E-state index contributed by atoms with van der Waals surface area (Å²) in [4.78, 5) is 39.7. The van der Waals surface area contributed by atoms with Gasteiger partial charge >= 0.3 is 5.97 Å². The number of nitro groups is 1. The summed E-state index contributed by atoms with van der Waals surface area (Å²) in [6.45, 7) is 1.38. The van der Waals surface area contributed by atoms with E-state index >= 15 is 0 Å². The molecule has 2 aromatic carbocycles. The number of fused-ring (bicyclic) bond motifs is 1. The lowest BCUT2D eigenvalue weighted by Crippen LogP contribution is -2.30. The van der Waals surface area contributed by atoms with Crippen LogP contribution in [0, 0.1) is 10.1 Å². The Morgan fingerprint density at radius 2 is 1.93 bits per heavy atom. The average Bonchev–Trinajstić information content (AvgIpc) is 2.73. The number of aromatic nitrogens is 1. The molecule has 0 fully saturated rings. The lowest BCUT2D eigenvalue weighted by Gasteiger charge is -2.14. The molecule has 1 atom stereocenters. The van der Waals surface area contributed by atoms with E-state index in [1.165, 1.54) is 32.2 Å². The van der Waals surface area contributed by atoms with Gasteiger partial charge in [0.1, 0.15) is 11.4 Å². The fraction of sp³-hybridized carbons (Fsp3) is 0.150. The van der Waals surface area contributed by atoms with Crippen LogP contribution < -0.4 is 10.1 Å². The number of amides is 1. The normalized spacial score (nSPS) is 11.5. The van der Waals surface area contributed by atoms with Crippen LogP contribution in [0.5, 0.6) is 5.75 Å². The number of hydrogen-bond donors (Lipinski definition) is 1. The maximum absolute atomic E-state index is 12.5. The van der Waals surface area contributed by atoms with Gasteiger partial charge in [0.15, 0.2) is 6.10 Å². The lowest BCUT2D eigenvalue weighted by atomic mass is 10.1. The van der Waals surface area contributed by atoms with Crippen molar-refractivity contribution in [1.82, 2.24) is 4.98 Å². The number of pyridine rings is 1. The Balaban J connectivity index is 1.76. The Hall–Kier alpha value is -4.01. The molecule has 0 aliphatic carbocycles. The summed E-state index contributed by atoms with van der Waals surface area (Å²) in [5, 5.41) is 14.4. The molecule has 0 radical (unpaired) electrons. The highest BCUT2D eigenvalue weighted by molar-refractivity contribution is 6.04. The van der Waals surface area contributed by atoms with Crippen molar-refractivity contribution in [2.75, 3.05) is 12.4 Å². The number of esters is 1. The van der Waals surface area contributed by atoms with Gasteiger partial charge in [-0.25, -0.2) is 4.79 Å². The molecule has 0 saturated heterocycles. The number of benzene rings is 2. The summed E-state index contributed by atoms with van der Waals surface area (Å²) in [5.74, 6) is -1.15. The van der Waals surface area contributed by atoms with E-state index in [2.05, 4.69) is 10.3 Å². The topological polar surface area (TPSA) is 121 Å². The Kier molecular flexibility index (Phi) is 5.68. The van der Waals surface area contributed by atoms with Crippen LogP contribution in [0.1, 0.15) is 17.3 Å². The largest absolute Gasteiger partial charge is 0.496 e. The number of carbonyl (C=O) groups is 2. The van der Waals surface area contributed by atoms with Crippen molar-refractivity contribution in [2.45, 2.75) is 13.0 Å².